The number of furan rings is 1. The van der Waals surface area contributed by atoms with E-state index in [4.69, 9.17) is 9.15 Å². The van der Waals surface area contributed by atoms with Crippen LogP contribution >= 0.6 is 0 Å². The van der Waals surface area contributed by atoms with Crippen LogP contribution in [0.5, 0.6) is 5.75 Å². The molecule has 0 unspecified atom stereocenters. The van der Waals surface area contributed by atoms with Gasteiger partial charge >= 0.3 is 0 Å². The van der Waals surface area contributed by atoms with Gasteiger partial charge in [-0.15, -0.1) is 0 Å². The molecule has 1 aromatic heterocycles. The van der Waals surface area contributed by atoms with E-state index >= 15 is 0 Å². The lowest BCUT2D eigenvalue weighted by atomic mass is 10.1. The number of hydrogen-bond acceptors (Lipinski definition) is 4. The molecule has 0 fully saturated rings. The molecule has 0 aliphatic rings. The van der Waals surface area contributed by atoms with Gasteiger partial charge in [0.2, 0.25) is 5.76 Å². The Morgan fingerprint density at radius 3 is 2.30 bits per heavy atom. The zero-order valence-corrected chi connectivity index (χ0v) is 16.6. The predicted octanol–water partition coefficient (Wildman–Crippen LogP) is 5.25. The van der Waals surface area contributed by atoms with E-state index in [1.54, 1.807) is 48.5 Å². The minimum atomic E-state index is -0.491. The highest BCUT2D eigenvalue weighted by Gasteiger charge is 2.23. The Kier molecular flexibility index (Phi) is 5.22. The number of para-hydroxylation sites is 3. The fourth-order valence-electron chi connectivity index (χ4n) is 3.15. The van der Waals surface area contributed by atoms with E-state index in [0.717, 1.165) is 5.56 Å². The number of nitrogens with one attached hydrogen (secondary N) is 2. The molecule has 0 aliphatic heterocycles. The number of ether oxygens (including phenoxy) is 1. The van der Waals surface area contributed by atoms with Gasteiger partial charge in [-0.05, 0) is 43.3 Å². The minimum Gasteiger partial charge on any atom is -0.495 e. The number of rotatable bonds is 5. The van der Waals surface area contributed by atoms with E-state index in [2.05, 4.69) is 10.6 Å². The molecular weight excluding hydrogens is 380 g/mol. The van der Waals surface area contributed by atoms with Gasteiger partial charge in [0.1, 0.15) is 17.0 Å². The summed E-state index contributed by atoms with van der Waals surface area (Å²) >= 11 is 0. The zero-order valence-electron chi connectivity index (χ0n) is 16.6. The highest BCUT2D eigenvalue weighted by molar-refractivity contribution is 6.17. The average molecular weight is 400 g/mol. The van der Waals surface area contributed by atoms with Crippen molar-refractivity contribution in [1.82, 2.24) is 0 Å². The van der Waals surface area contributed by atoms with Crippen LogP contribution in [0, 0.1) is 6.92 Å². The minimum absolute atomic E-state index is 0.0163. The first-order chi connectivity index (χ1) is 14.6. The van der Waals surface area contributed by atoms with Gasteiger partial charge in [0, 0.05) is 10.9 Å². The second-order valence-electron chi connectivity index (χ2n) is 6.78. The van der Waals surface area contributed by atoms with E-state index in [9.17, 15) is 9.59 Å². The number of fused-ring (bicyclic) bond motifs is 1. The lowest BCUT2D eigenvalue weighted by Gasteiger charge is -2.10. The van der Waals surface area contributed by atoms with Gasteiger partial charge in [0.25, 0.3) is 11.8 Å². The van der Waals surface area contributed by atoms with Crippen molar-refractivity contribution in [3.63, 3.8) is 0 Å². The number of hydrogen-bond donors (Lipinski definition) is 2. The summed E-state index contributed by atoms with van der Waals surface area (Å²) in [5.74, 6) is -0.280. The van der Waals surface area contributed by atoms with Crippen LogP contribution in [-0.2, 0) is 0 Å². The Balaban J connectivity index is 1.70. The van der Waals surface area contributed by atoms with E-state index in [-0.39, 0.29) is 11.7 Å². The lowest BCUT2D eigenvalue weighted by Crippen LogP contribution is -2.17. The van der Waals surface area contributed by atoms with Gasteiger partial charge in [-0.25, -0.2) is 0 Å². The molecule has 0 saturated carbocycles. The van der Waals surface area contributed by atoms with Crippen LogP contribution in [0.25, 0.3) is 11.0 Å². The highest BCUT2D eigenvalue weighted by Crippen LogP contribution is 2.33. The van der Waals surface area contributed by atoms with Crippen LogP contribution in [0.1, 0.15) is 26.5 Å². The maximum absolute atomic E-state index is 13.0. The highest BCUT2D eigenvalue weighted by atomic mass is 16.5. The predicted molar refractivity (Wildman–Crippen MR) is 116 cm³/mol. The Hall–Kier alpha value is -4.06. The SMILES string of the molecule is COc1ccccc1NC(=O)c1oc2ccccc2c1NC(=O)c1ccc(C)cc1. The Morgan fingerprint density at radius 1 is 0.833 bits per heavy atom. The zero-order chi connectivity index (χ0) is 21.1. The molecule has 0 saturated heterocycles. The number of carbonyl (C=O) groups is 2. The monoisotopic (exact) mass is 400 g/mol. The Morgan fingerprint density at radius 2 is 1.53 bits per heavy atom. The number of benzene rings is 3. The number of carbonyl (C=O) groups excluding carboxylic acids is 2. The van der Waals surface area contributed by atoms with Crippen LogP contribution in [0.4, 0.5) is 11.4 Å². The smallest absolute Gasteiger partial charge is 0.293 e. The number of aryl methyl sites for hydroxylation is 1. The second kappa shape index (κ2) is 8.13. The third kappa shape index (κ3) is 3.75. The van der Waals surface area contributed by atoms with Crippen molar-refractivity contribution in [2.45, 2.75) is 6.92 Å². The van der Waals surface area contributed by atoms with Crippen LogP contribution in [-0.4, -0.2) is 18.9 Å². The molecule has 6 nitrogen and oxygen atoms in total. The van der Waals surface area contributed by atoms with Crippen molar-refractivity contribution in [3.05, 3.63) is 89.7 Å². The molecule has 4 rings (SSSR count). The first kappa shape index (κ1) is 19.3. The van der Waals surface area contributed by atoms with Gasteiger partial charge in [-0.3, -0.25) is 9.59 Å². The van der Waals surface area contributed by atoms with Crippen molar-refractivity contribution in [1.29, 1.82) is 0 Å². The van der Waals surface area contributed by atoms with Crippen molar-refractivity contribution >= 4 is 34.2 Å². The molecule has 0 radical (unpaired) electrons. The lowest BCUT2D eigenvalue weighted by molar-refractivity contribution is 0.0999. The summed E-state index contributed by atoms with van der Waals surface area (Å²) in [7, 11) is 1.53. The van der Waals surface area contributed by atoms with Crippen molar-refractivity contribution in [2.75, 3.05) is 17.7 Å². The van der Waals surface area contributed by atoms with Gasteiger partial charge in [-0.1, -0.05) is 42.0 Å². The largest absolute Gasteiger partial charge is 0.495 e. The maximum atomic E-state index is 13.0. The van der Waals surface area contributed by atoms with Crippen molar-refractivity contribution in [3.8, 4) is 5.75 Å². The fourth-order valence-corrected chi connectivity index (χ4v) is 3.15. The second-order valence-corrected chi connectivity index (χ2v) is 6.78. The van der Waals surface area contributed by atoms with E-state index in [1.165, 1.54) is 7.11 Å². The molecule has 3 aromatic carbocycles. The van der Waals surface area contributed by atoms with E-state index in [0.29, 0.717) is 33.7 Å². The van der Waals surface area contributed by atoms with Crippen LogP contribution < -0.4 is 15.4 Å². The average Bonchev–Trinajstić information content (AvgIpc) is 3.13. The maximum Gasteiger partial charge on any atom is 0.293 e. The van der Waals surface area contributed by atoms with Gasteiger partial charge in [0.05, 0.1) is 12.8 Å². The van der Waals surface area contributed by atoms with E-state index in [1.807, 2.05) is 31.2 Å². The molecular formula is C24H20N2O4. The topological polar surface area (TPSA) is 80.6 Å². The summed E-state index contributed by atoms with van der Waals surface area (Å²) in [6.45, 7) is 1.95. The summed E-state index contributed by atoms with van der Waals surface area (Å²) in [4.78, 5) is 25.8. The van der Waals surface area contributed by atoms with Crippen LogP contribution in [0.15, 0.2) is 77.2 Å². The summed E-state index contributed by atoms with van der Waals surface area (Å²) in [6.07, 6.45) is 0. The quantitative estimate of drug-likeness (QED) is 0.479. The van der Waals surface area contributed by atoms with Crippen LogP contribution in [0.2, 0.25) is 0 Å². The van der Waals surface area contributed by atoms with Gasteiger partial charge in [0.15, 0.2) is 0 Å². The molecule has 30 heavy (non-hydrogen) atoms. The van der Waals surface area contributed by atoms with Crippen molar-refractivity contribution in [2.24, 2.45) is 0 Å². The third-order valence-electron chi connectivity index (χ3n) is 4.71. The molecule has 0 aliphatic carbocycles. The summed E-state index contributed by atoms with van der Waals surface area (Å²) in [6, 6.07) is 21.4. The van der Waals surface area contributed by atoms with Crippen molar-refractivity contribution < 1.29 is 18.7 Å². The van der Waals surface area contributed by atoms with Crippen LogP contribution in [0.3, 0.4) is 0 Å². The first-order valence-corrected chi connectivity index (χ1v) is 9.40. The summed E-state index contributed by atoms with van der Waals surface area (Å²) in [5, 5.41) is 6.27. The number of amides is 2. The first-order valence-electron chi connectivity index (χ1n) is 9.40. The standard InChI is InChI=1S/C24H20N2O4/c1-15-11-13-16(14-12-15)23(27)26-21-17-7-3-5-9-19(17)30-22(21)24(28)25-18-8-4-6-10-20(18)29-2/h3-14H,1-2H3,(H,25,28)(H,26,27). The number of anilines is 2. The molecule has 1 heterocycles. The molecule has 6 heteroatoms. The molecule has 0 atom stereocenters. The van der Waals surface area contributed by atoms with Gasteiger partial charge in [-0.2, -0.15) is 0 Å². The third-order valence-corrected chi connectivity index (χ3v) is 4.71. The Labute approximate surface area is 173 Å². The molecule has 2 amide bonds. The Bertz CT molecular complexity index is 1230. The fraction of sp³-hybridized carbons (Fsp3) is 0.0833. The molecule has 150 valence electrons. The molecule has 4 aromatic rings. The molecule has 0 spiro atoms. The van der Waals surface area contributed by atoms with E-state index < -0.39 is 5.91 Å². The summed E-state index contributed by atoms with van der Waals surface area (Å²) < 4.78 is 11.1. The molecule has 2 N–H and O–H groups in total. The van der Waals surface area contributed by atoms with Gasteiger partial charge < -0.3 is 19.8 Å². The molecule has 0 bridgehead atoms. The normalized spacial score (nSPS) is 10.6. The number of methoxy groups -OCH3 is 1. The summed E-state index contributed by atoms with van der Waals surface area (Å²) in [5.41, 5.74) is 2.87.